The first-order valence-electron chi connectivity index (χ1n) is 7.42. The van der Waals surface area contributed by atoms with Crippen molar-refractivity contribution >= 4 is 62.5 Å². The maximum atomic E-state index is 12.9. The Morgan fingerprint density at radius 3 is 2.63 bits per heavy atom. The lowest BCUT2D eigenvalue weighted by atomic mass is 10.1. The van der Waals surface area contributed by atoms with Gasteiger partial charge >= 0.3 is 5.69 Å². The molecule has 0 unspecified atom stereocenters. The second kappa shape index (κ2) is 7.25. The second-order valence-electron chi connectivity index (χ2n) is 5.44. The smallest absolute Gasteiger partial charge is 0.311 e. The van der Waals surface area contributed by atoms with Gasteiger partial charge in [0, 0.05) is 10.5 Å². The summed E-state index contributed by atoms with van der Waals surface area (Å²) in [5, 5.41) is 22.8. The van der Waals surface area contributed by atoms with E-state index in [4.69, 9.17) is 12.2 Å². The molecule has 1 saturated heterocycles. The first kappa shape index (κ1) is 18.7. The highest BCUT2D eigenvalue weighted by molar-refractivity contribution is 9.10. The maximum Gasteiger partial charge on any atom is 0.311 e. The highest BCUT2D eigenvalue weighted by Crippen LogP contribution is 2.29. The number of carbonyl (C=O) groups is 2. The van der Waals surface area contributed by atoms with Gasteiger partial charge in [0.1, 0.15) is 5.57 Å². The maximum absolute atomic E-state index is 12.9. The molecule has 2 N–H and O–H groups in total. The van der Waals surface area contributed by atoms with Gasteiger partial charge in [-0.05, 0) is 48.1 Å². The molecule has 1 fully saturated rings. The third-order valence-corrected chi connectivity index (χ3v) is 4.45. The van der Waals surface area contributed by atoms with Gasteiger partial charge in [0.2, 0.25) is 0 Å². The summed E-state index contributed by atoms with van der Waals surface area (Å²) in [6.07, 6.45) is 1.21. The molecule has 0 saturated carbocycles. The van der Waals surface area contributed by atoms with Crippen molar-refractivity contribution in [3.05, 3.63) is 68.2 Å². The summed E-state index contributed by atoms with van der Waals surface area (Å²) >= 11 is 8.41. The number of thiocarbonyl (C=S) groups is 1. The summed E-state index contributed by atoms with van der Waals surface area (Å²) in [5.41, 5.74) is -0.127. The molecule has 27 heavy (non-hydrogen) atoms. The lowest BCUT2D eigenvalue weighted by Crippen LogP contribution is -2.54. The van der Waals surface area contributed by atoms with Gasteiger partial charge in [0.15, 0.2) is 10.9 Å². The van der Waals surface area contributed by atoms with Crippen molar-refractivity contribution in [2.24, 2.45) is 0 Å². The van der Waals surface area contributed by atoms with Gasteiger partial charge in [-0.2, -0.15) is 0 Å². The molecule has 0 aromatic heterocycles. The Bertz CT molecular complexity index is 1040. The quantitative estimate of drug-likeness (QED) is 0.246. The van der Waals surface area contributed by atoms with Crippen LogP contribution in [-0.4, -0.2) is 27.0 Å². The van der Waals surface area contributed by atoms with E-state index in [1.165, 1.54) is 12.1 Å². The number of nitro benzene ring substituents is 1. The van der Waals surface area contributed by atoms with Crippen LogP contribution >= 0.6 is 28.1 Å². The van der Waals surface area contributed by atoms with E-state index >= 15 is 0 Å². The number of amides is 2. The molecule has 0 aliphatic carbocycles. The summed E-state index contributed by atoms with van der Waals surface area (Å²) in [7, 11) is 0. The molecule has 1 aliphatic heterocycles. The van der Waals surface area contributed by atoms with Gasteiger partial charge in [-0.3, -0.25) is 29.9 Å². The monoisotopic (exact) mass is 447 g/mol. The average Bonchev–Trinajstić information content (AvgIpc) is 2.59. The zero-order valence-corrected chi connectivity index (χ0v) is 15.8. The fourth-order valence-corrected chi connectivity index (χ4v) is 3.12. The number of phenols is 1. The number of nitro groups is 1. The molecular formula is C17H10BrN3O5S. The fraction of sp³-hybridized carbons (Fsp3) is 0. The number of halogens is 1. The van der Waals surface area contributed by atoms with E-state index in [-0.39, 0.29) is 16.2 Å². The predicted octanol–water partition coefficient (Wildman–Crippen LogP) is 2.89. The Balaban J connectivity index is 2.04. The number of hydrogen-bond acceptors (Lipinski definition) is 6. The van der Waals surface area contributed by atoms with Crippen LogP contribution in [0.15, 0.2) is 52.5 Å². The molecule has 2 aromatic rings. The summed E-state index contributed by atoms with van der Waals surface area (Å²) in [4.78, 5) is 36.5. The highest BCUT2D eigenvalue weighted by Gasteiger charge is 2.34. The number of benzene rings is 2. The summed E-state index contributed by atoms with van der Waals surface area (Å²) in [6.45, 7) is 0. The second-order valence-corrected chi connectivity index (χ2v) is 6.75. The molecule has 2 amide bonds. The van der Waals surface area contributed by atoms with Crippen LogP contribution in [0.5, 0.6) is 5.75 Å². The molecule has 1 aliphatic rings. The van der Waals surface area contributed by atoms with Gasteiger partial charge in [0.05, 0.1) is 10.6 Å². The minimum absolute atomic E-state index is 0.0723. The minimum atomic E-state index is -0.761. The van der Waals surface area contributed by atoms with Crippen LogP contribution in [0.25, 0.3) is 6.08 Å². The fourth-order valence-electron chi connectivity index (χ4n) is 2.45. The van der Waals surface area contributed by atoms with Crippen molar-refractivity contribution in [2.45, 2.75) is 0 Å². The Morgan fingerprint density at radius 2 is 1.96 bits per heavy atom. The normalized spacial score (nSPS) is 15.8. The number of hydrogen-bond donors (Lipinski definition) is 2. The zero-order valence-electron chi connectivity index (χ0n) is 13.4. The zero-order chi connectivity index (χ0) is 19.7. The highest BCUT2D eigenvalue weighted by atomic mass is 79.9. The molecule has 1 heterocycles. The van der Waals surface area contributed by atoms with Crippen molar-refractivity contribution in [3.8, 4) is 5.75 Å². The Kier molecular flexibility index (Phi) is 5.02. The summed E-state index contributed by atoms with van der Waals surface area (Å²) in [6, 6.07) is 10.3. The van der Waals surface area contributed by atoms with Crippen LogP contribution in [-0.2, 0) is 9.59 Å². The van der Waals surface area contributed by atoms with Crippen LogP contribution in [0.4, 0.5) is 11.4 Å². The van der Waals surface area contributed by atoms with Gasteiger partial charge < -0.3 is 5.11 Å². The number of aromatic hydroxyl groups is 1. The van der Waals surface area contributed by atoms with Crippen LogP contribution < -0.4 is 10.2 Å². The number of anilines is 1. The predicted molar refractivity (Wildman–Crippen MR) is 105 cm³/mol. The molecule has 0 atom stereocenters. The number of nitrogens with one attached hydrogen (secondary N) is 1. The standard InChI is InChI=1S/C17H10BrN3O5S/c18-10-2-1-3-11(8-10)20-16(24)12(15(23)19-17(20)27)6-9-4-5-14(22)13(7-9)21(25)26/h1-8,22H,(H,19,23,27)/b12-6+. The van der Waals surface area contributed by atoms with Gasteiger partial charge in [-0.15, -0.1) is 0 Å². The number of phenolic OH excluding ortho intramolecular Hbond substituents is 1. The van der Waals surface area contributed by atoms with E-state index in [9.17, 15) is 24.8 Å². The lowest BCUT2D eigenvalue weighted by molar-refractivity contribution is -0.385. The van der Waals surface area contributed by atoms with Crippen molar-refractivity contribution in [3.63, 3.8) is 0 Å². The SMILES string of the molecule is O=C1NC(=S)N(c2cccc(Br)c2)C(=O)/C1=C/c1ccc(O)c([N+](=O)[O-])c1. The van der Waals surface area contributed by atoms with Crippen molar-refractivity contribution < 1.29 is 19.6 Å². The Labute approximate surface area is 166 Å². The van der Waals surface area contributed by atoms with Gasteiger partial charge in [-0.1, -0.05) is 28.1 Å². The van der Waals surface area contributed by atoms with E-state index < -0.39 is 28.2 Å². The molecule has 0 radical (unpaired) electrons. The third-order valence-electron chi connectivity index (χ3n) is 3.68. The largest absolute Gasteiger partial charge is 0.502 e. The van der Waals surface area contributed by atoms with Crippen molar-refractivity contribution in [1.82, 2.24) is 5.32 Å². The Hall–Kier alpha value is -3.11. The average molecular weight is 448 g/mol. The van der Waals surface area contributed by atoms with Crippen molar-refractivity contribution in [2.75, 3.05) is 4.90 Å². The van der Waals surface area contributed by atoms with E-state index in [0.29, 0.717) is 10.2 Å². The van der Waals surface area contributed by atoms with Gasteiger partial charge in [-0.25, -0.2) is 0 Å². The van der Waals surface area contributed by atoms with Crippen LogP contribution in [0.2, 0.25) is 0 Å². The number of carbonyl (C=O) groups excluding carboxylic acids is 2. The molecule has 3 rings (SSSR count). The van der Waals surface area contributed by atoms with E-state index in [2.05, 4.69) is 21.2 Å². The van der Waals surface area contributed by atoms with Crippen LogP contribution in [0.3, 0.4) is 0 Å². The van der Waals surface area contributed by atoms with Gasteiger partial charge in [0.25, 0.3) is 11.8 Å². The van der Waals surface area contributed by atoms with E-state index in [1.54, 1.807) is 24.3 Å². The molecule has 8 nitrogen and oxygen atoms in total. The first-order valence-corrected chi connectivity index (χ1v) is 8.62. The molecular weight excluding hydrogens is 438 g/mol. The topological polar surface area (TPSA) is 113 Å². The number of nitrogens with zero attached hydrogens (tertiary/aromatic N) is 2. The van der Waals surface area contributed by atoms with Crippen molar-refractivity contribution in [1.29, 1.82) is 0 Å². The summed E-state index contributed by atoms with van der Waals surface area (Å²) < 4.78 is 0.715. The Morgan fingerprint density at radius 1 is 1.22 bits per heavy atom. The van der Waals surface area contributed by atoms with E-state index in [0.717, 1.165) is 17.0 Å². The van der Waals surface area contributed by atoms with Crippen LogP contribution in [0, 0.1) is 10.1 Å². The lowest BCUT2D eigenvalue weighted by Gasteiger charge is -2.29. The molecule has 0 spiro atoms. The summed E-state index contributed by atoms with van der Waals surface area (Å²) in [5.74, 6) is -1.90. The molecule has 10 heteroatoms. The molecule has 136 valence electrons. The third kappa shape index (κ3) is 3.71. The van der Waals surface area contributed by atoms with E-state index in [1.807, 2.05) is 0 Å². The molecule has 2 aromatic carbocycles. The van der Waals surface area contributed by atoms with Crippen LogP contribution in [0.1, 0.15) is 5.56 Å². The number of rotatable bonds is 3. The minimum Gasteiger partial charge on any atom is -0.502 e. The molecule has 0 bridgehead atoms. The first-order chi connectivity index (χ1) is 12.8.